The van der Waals surface area contributed by atoms with Crippen LogP contribution in [0.4, 0.5) is 4.79 Å². The minimum absolute atomic E-state index is 0.0803. The number of rotatable bonds is 8. The molecule has 7 nitrogen and oxygen atoms in total. The van der Waals surface area contributed by atoms with Crippen molar-refractivity contribution in [3.05, 3.63) is 76.7 Å². The quantitative estimate of drug-likeness (QED) is 0.376. The number of carbonyl (C=O) groups excluding carboxylic acids is 3. The SMILES string of the molecule is C=CCN1C(=O)S/C(=C\c2ccc(OCc3ccc(C(=O)N4CCCCC4)cc3)c(OC)c2)C1=O. The second-order valence-corrected chi connectivity index (χ2v) is 9.32. The van der Waals surface area contributed by atoms with Crippen LogP contribution in [0.15, 0.2) is 60.0 Å². The molecule has 4 rings (SSSR count). The number of piperidine rings is 1. The van der Waals surface area contributed by atoms with Crippen LogP contribution in [0, 0.1) is 0 Å². The predicted octanol–water partition coefficient (Wildman–Crippen LogP) is 5.12. The number of benzene rings is 2. The zero-order chi connectivity index (χ0) is 24.8. The van der Waals surface area contributed by atoms with E-state index in [4.69, 9.17) is 9.47 Å². The molecule has 2 fully saturated rings. The highest BCUT2D eigenvalue weighted by Gasteiger charge is 2.34. The van der Waals surface area contributed by atoms with Crippen molar-refractivity contribution < 1.29 is 23.9 Å². The van der Waals surface area contributed by atoms with Crippen LogP contribution in [0.5, 0.6) is 11.5 Å². The Balaban J connectivity index is 1.40. The molecule has 8 heteroatoms. The van der Waals surface area contributed by atoms with Gasteiger partial charge in [-0.1, -0.05) is 24.3 Å². The van der Waals surface area contributed by atoms with Crippen molar-refractivity contribution in [3.8, 4) is 11.5 Å². The summed E-state index contributed by atoms with van der Waals surface area (Å²) in [6.07, 6.45) is 6.51. The molecule has 2 heterocycles. The van der Waals surface area contributed by atoms with Crippen molar-refractivity contribution in [2.75, 3.05) is 26.7 Å². The van der Waals surface area contributed by atoms with Gasteiger partial charge < -0.3 is 14.4 Å². The van der Waals surface area contributed by atoms with Crippen LogP contribution in [-0.4, -0.2) is 53.6 Å². The van der Waals surface area contributed by atoms with Gasteiger partial charge in [-0.15, -0.1) is 6.58 Å². The standard InChI is InChI=1S/C27H28N2O5S/c1-3-13-29-26(31)24(35-27(29)32)17-20-9-12-22(23(16-20)33-2)34-18-19-7-10-21(11-8-19)25(30)28-14-5-4-6-15-28/h3,7-12,16-17H,1,4-6,13-15,18H2,2H3/b24-17-. The molecule has 0 saturated carbocycles. The van der Waals surface area contributed by atoms with E-state index in [0.29, 0.717) is 28.6 Å². The second kappa shape index (κ2) is 11.3. The molecule has 0 aliphatic carbocycles. The summed E-state index contributed by atoms with van der Waals surface area (Å²) in [5.74, 6) is 0.817. The Morgan fingerprint density at radius 1 is 1.06 bits per heavy atom. The van der Waals surface area contributed by atoms with Gasteiger partial charge in [0.2, 0.25) is 0 Å². The van der Waals surface area contributed by atoms with Crippen LogP contribution in [0.25, 0.3) is 6.08 Å². The number of amides is 3. The molecular weight excluding hydrogens is 464 g/mol. The van der Waals surface area contributed by atoms with Crippen molar-refractivity contribution in [1.29, 1.82) is 0 Å². The fraction of sp³-hybridized carbons (Fsp3) is 0.296. The topological polar surface area (TPSA) is 76.2 Å². The molecular formula is C27H28N2O5S. The van der Waals surface area contributed by atoms with Crippen molar-refractivity contribution in [1.82, 2.24) is 9.80 Å². The van der Waals surface area contributed by atoms with E-state index in [0.717, 1.165) is 53.7 Å². The lowest BCUT2D eigenvalue weighted by molar-refractivity contribution is -0.122. The number of likely N-dealkylation sites (tertiary alicyclic amines) is 1. The molecule has 0 spiro atoms. The highest BCUT2D eigenvalue weighted by Crippen LogP contribution is 2.34. The van der Waals surface area contributed by atoms with Crippen molar-refractivity contribution in [3.63, 3.8) is 0 Å². The third kappa shape index (κ3) is 5.77. The fourth-order valence-corrected chi connectivity index (χ4v) is 4.86. The average molecular weight is 493 g/mol. The van der Waals surface area contributed by atoms with Gasteiger partial charge in [0.25, 0.3) is 17.1 Å². The molecule has 2 aromatic carbocycles. The van der Waals surface area contributed by atoms with E-state index in [1.54, 1.807) is 31.4 Å². The number of hydrogen-bond acceptors (Lipinski definition) is 6. The Morgan fingerprint density at radius 2 is 1.80 bits per heavy atom. The van der Waals surface area contributed by atoms with Crippen LogP contribution in [0.3, 0.4) is 0 Å². The van der Waals surface area contributed by atoms with Crippen LogP contribution < -0.4 is 9.47 Å². The number of imide groups is 1. The molecule has 0 radical (unpaired) electrons. The van der Waals surface area contributed by atoms with Crippen LogP contribution in [-0.2, 0) is 11.4 Å². The molecule has 0 aromatic heterocycles. The molecule has 2 aliphatic heterocycles. The Kier molecular flexibility index (Phi) is 7.92. The van der Waals surface area contributed by atoms with Crippen LogP contribution in [0.2, 0.25) is 0 Å². The minimum atomic E-state index is -0.332. The molecule has 0 unspecified atom stereocenters. The number of hydrogen-bond donors (Lipinski definition) is 0. The molecule has 3 amide bonds. The highest BCUT2D eigenvalue weighted by molar-refractivity contribution is 8.18. The lowest BCUT2D eigenvalue weighted by atomic mass is 10.1. The highest BCUT2D eigenvalue weighted by atomic mass is 32.2. The zero-order valence-electron chi connectivity index (χ0n) is 19.7. The summed E-state index contributed by atoms with van der Waals surface area (Å²) < 4.78 is 11.4. The molecule has 2 aromatic rings. The smallest absolute Gasteiger partial charge is 0.293 e. The van der Waals surface area contributed by atoms with Crippen molar-refractivity contribution >= 4 is 34.9 Å². The van der Waals surface area contributed by atoms with E-state index in [1.165, 1.54) is 12.5 Å². The molecule has 2 aliphatic rings. The number of thioether (sulfide) groups is 1. The van der Waals surface area contributed by atoms with E-state index < -0.39 is 0 Å². The summed E-state index contributed by atoms with van der Waals surface area (Å²) in [6, 6.07) is 12.8. The van der Waals surface area contributed by atoms with E-state index in [-0.39, 0.29) is 23.6 Å². The Morgan fingerprint density at radius 3 is 2.49 bits per heavy atom. The van der Waals surface area contributed by atoms with Gasteiger partial charge >= 0.3 is 0 Å². The van der Waals surface area contributed by atoms with E-state index in [2.05, 4.69) is 6.58 Å². The van der Waals surface area contributed by atoms with Gasteiger partial charge in [-0.25, -0.2) is 0 Å². The lowest BCUT2D eigenvalue weighted by Gasteiger charge is -2.26. The van der Waals surface area contributed by atoms with E-state index in [1.807, 2.05) is 29.2 Å². The zero-order valence-corrected chi connectivity index (χ0v) is 20.5. The Bertz CT molecular complexity index is 1150. The maximum atomic E-state index is 12.6. The lowest BCUT2D eigenvalue weighted by Crippen LogP contribution is -2.35. The molecule has 2 saturated heterocycles. The van der Waals surface area contributed by atoms with Crippen molar-refractivity contribution in [2.24, 2.45) is 0 Å². The number of nitrogens with zero attached hydrogens (tertiary/aromatic N) is 2. The maximum Gasteiger partial charge on any atom is 0.293 e. The third-order valence-electron chi connectivity index (χ3n) is 5.91. The monoisotopic (exact) mass is 492 g/mol. The summed E-state index contributed by atoms with van der Waals surface area (Å²) in [5, 5.41) is -0.309. The van der Waals surface area contributed by atoms with Gasteiger partial charge in [-0.3, -0.25) is 19.3 Å². The molecule has 0 bridgehead atoms. The van der Waals surface area contributed by atoms with E-state index >= 15 is 0 Å². The first kappa shape index (κ1) is 24.6. The molecule has 182 valence electrons. The normalized spacial score (nSPS) is 17.1. The summed E-state index contributed by atoms with van der Waals surface area (Å²) >= 11 is 0.906. The second-order valence-electron chi connectivity index (χ2n) is 8.33. The first-order chi connectivity index (χ1) is 17.0. The number of methoxy groups -OCH3 is 1. The summed E-state index contributed by atoms with van der Waals surface area (Å²) in [7, 11) is 1.55. The third-order valence-corrected chi connectivity index (χ3v) is 6.82. The first-order valence-corrected chi connectivity index (χ1v) is 12.4. The Labute approximate surface area is 209 Å². The van der Waals surface area contributed by atoms with Gasteiger partial charge in [0.1, 0.15) is 6.61 Å². The first-order valence-electron chi connectivity index (χ1n) is 11.6. The summed E-state index contributed by atoms with van der Waals surface area (Å²) in [5.41, 5.74) is 2.34. The summed E-state index contributed by atoms with van der Waals surface area (Å²) in [6.45, 7) is 5.73. The van der Waals surface area contributed by atoms with Crippen LogP contribution >= 0.6 is 11.8 Å². The molecule has 35 heavy (non-hydrogen) atoms. The largest absolute Gasteiger partial charge is 0.493 e. The maximum absolute atomic E-state index is 12.6. The molecule has 0 N–H and O–H groups in total. The van der Waals surface area contributed by atoms with Gasteiger partial charge in [-0.05, 0) is 72.5 Å². The Hall–Kier alpha value is -3.52. The number of carbonyl (C=O) groups is 3. The van der Waals surface area contributed by atoms with Gasteiger partial charge in [0.15, 0.2) is 11.5 Å². The minimum Gasteiger partial charge on any atom is -0.493 e. The van der Waals surface area contributed by atoms with Gasteiger partial charge in [0.05, 0.1) is 12.0 Å². The van der Waals surface area contributed by atoms with Crippen LogP contribution in [0.1, 0.15) is 40.7 Å². The average Bonchev–Trinajstić information content (AvgIpc) is 3.15. The van der Waals surface area contributed by atoms with Crippen molar-refractivity contribution in [2.45, 2.75) is 25.9 Å². The molecule has 0 atom stereocenters. The fourth-order valence-electron chi connectivity index (χ4n) is 4.02. The van der Waals surface area contributed by atoms with E-state index in [9.17, 15) is 14.4 Å². The summed E-state index contributed by atoms with van der Waals surface area (Å²) in [4.78, 5) is 40.5. The predicted molar refractivity (Wildman–Crippen MR) is 136 cm³/mol. The van der Waals surface area contributed by atoms with Gasteiger partial charge in [-0.2, -0.15) is 0 Å². The van der Waals surface area contributed by atoms with Gasteiger partial charge in [0, 0.05) is 25.2 Å². The number of ether oxygens (including phenoxy) is 2.